The highest BCUT2D eigenvalue weighted by Gasteiger charge is 2.44. The van der Waals surface area contributed by atoms with E-state index in [-0.39, 0.29) is 25.0 Å². The van der Waals surface area contributed by atoms with E-state index in [1.165, 1.54) is 0 Å². The molecule has 2 saturated carbocycles. The molecule has 4 atom stereocenters. The highest BCUT2D eigenvalue weighted by molar-refractivity contribution is 5.72. The van der Waals surface area contributed by atoms with E-state index in [0.29, 0.717) is 19.3 Å². The van der Waals surface area contributed by atoms with E-state index in [4.69, 9.17) is 9.47 Å². The lowest BCUT2D eigenvalue weighted by molar-refractivity contribution is -0.190. The molecular formula is C15H23F3O3. The summed E-state index contributed by atoms with van der Waals surface area (Å²) in [6.07, 6.45) is -0.0693. The second-order valence-electron chi connectivity index (χ2n) is 6.19. The van der Waals surface area contributed by atoms with Gasteiger partial charge in [-0.15, -0.1) is 0 Å². The van der Waals surface area contributed by atoms with Gasteiger partial charge < -0.3 is 9.47 Å². The Hall–Kier alpha value is -0.780. The maximum Gasteiger partial charge on any atom is 0.391 e. The van der Waals surface area contributed by atoms with Crippen molar-refractivity contribution >= 4 is 5.97 Å². The van der Waals surface area contributed by atoms with Gasteiger partial charge in [-0.1, -0.05) is 6.42 Å². The Labute approximate surface area is 123 Å². The molecule has 0 amide bonds. The third-order valence-electron chi connectivity index (χ3n) is 4.66. The molecule has 21 heavy (non-hydrogen) atoms. The highest BCUT2D eigenvalue weighted by Crippen LogP contribution is 2.40. The first-order chi connectivity index (χ1) is 9.90. The van der Waals surface area contributed by atoms with Crippen molar-refractivity contribution in [3.63, 3.8) is 0 Å². The molecular weight excluding hydrogens is 285 g/mol. The average molecular weight is 308 g/mol. The van der Waals surface area contributed by atoms with E-state index in [0.717, 1.165) is 19.3 Å². The lowest BCUT2D eigenvalue weighted by atomic mass is 9.81. The zero-order valence-corrected chi connectivity index (χ0v) is 12.3. The number of alkyl halides is 3. The highest BCUT2D eigenvalue weighted by atomic mass is 19.4. The first-order valence-corrected chi connectivity index (χ1v) is 7.70. The van der Waals surface area contributed by atoms with E-state index in [1.54, 1.807) is 7.11 Å². The van der Waals surface area contributed by atoms with Gasteiger partial charge in [0.25, 0.3) is 0 Å². The summed E-state index contributed by atoms with van der Waals surface area (Å²) in [6, 6.07) is 0. The molecule has 0 radical (unpaired) electrons. The molecule has 0 aromatic carbocycles. The minimum absolute atomic E-state index is 0.0887. The normalized spacial score (nSPS) is 34.5. The van der Waals surface area contributed by atoms with Crippen LogP contribution in [0.1, 0.15) is 51.4 Å². The Bertz CT molecular complexity index is 357. The van der Waals surface area contributed by atoms with Crippen LogP contribution in [0.25, 0.3) is 0 Å². The lowest BCUT2D eigenvalue weighted by Gasteiger charge is -2.32. The smallest absolute Gasteiger partial charge is 0.391 e. The largest absolute Gasteiger partial charge is 0.462 e. The van der Waals surface area contributed by atoms with Crippen LogP contribution < -0.4 is 0 Å². The summed E-state index contributed by atoms with van der Waals surface area (Å²) in [5.74, 6) is -2.42. The fourth-order valence-corrected chi connectivity index (χ4v) is 3.38. The van der Waals surface area contributed by atoms with Gasteiger partial charge in [0.15, 0.2) is 0 Å². The van der Waals surface area contributed by atoms with Gasteiger partial charge in [-0.2, -0.15) is 13.2 Å². The molecule has 122 valence electrons. The van der Waals surface area contributed by atoms with Crippen LogP contribution in [-0.4, -0.2) is 31.5 Å². The number of carbonyl (C=O) groups is 1. The van der Waals surface area contributed by atoms with Crippen molar-refractivity contribution in [1.29, 1.82) is 0 Å². The molecule has 0 bridgehead atoms. The molecule has 2 rings (SSSR count). The Morgan fingerprint density at radius 3 is 2.33 bits per heavy atom. The van der Waals surface area contributed by atoms with Crippen molar-refractivity contribution in [2.75, 3.05) is 7.11 Å². The van der Waals surface area contributed by atoms with Crippen molar-refractivity contribution in [3.8, 4) is 0 Å². The Balaban J connectivity index is 1.85. The molecule has 2 aliphatic carbocycles. The van der Waals surface area contributed by atoms with Crippen molar-refractivity contribution in [3.05, 3.63) is 0 Å². The molecule has 0 heterocycles. The molecule has 0 aromatic rings. The van der Waals surface area contributed by atoms with Crippen molar-refractivity contribution in [2.24, 2.45) is 11.8 Å². The molecule has 2 fully saturated rings. The SMILES string of the molecule is COC1CCCC(OC(=O)C2CCCC(C(F)(F)F)C2)C1. The third-order valence-corrected chi connectivity index (χ3v) is 4.66. The summed E-state index contributed by atoms with van der Waals surface area (Å²) in [5.41, 5.74) is 0. The quantitative estimate of drug-likeness (QED) is 0.743. The van der Waals surface area contributed by atoms with Crippen LogP contribution in [0, 0.1) is 11.8 Å². The first kappa shape index (κ1) is 16.6. The van der Waals surface area contributed by atoms with Crippen molar-refractivity contribution in [1.82, 2.24) is 0 Å². The Kier molecular flexibility index (Phi) is 5.52. The van der Waals surface area contributed by atoms with E-state index >= 15 is 0 Å². The number of hydrogen-bond donors (Lipinski definition) is 0. The van der Waals surface area contributed by atoms with Crippen LogP contribution >= 0.6 is 0 Å². The second kappa shape index (κ2) is 6.99. The maximum absolute atomic E-state index is 12.8. The molecule has 6 heteroatoms. The summed E-state index contributed by atoms with van der Waals surface area (Å²) < 4.78 is 49.0. The van der Waals surface area contributed by atoms with Crippen LogP contribution in [0.15, 0.2) is 0 Å². The van der Waals surface area contributed by atoms with Crippen molar-refractivity contribution in [2.45, 2.75) is 69.8 Å². The van der Waals surface area contributed by atoms with Gasteiger partial charge in [-0.3, -0.25) is 4.79 Å². The molecule has 0 N–H and O–H groups in total. The molecule has 3 nitrogen and oxygen atoms in total. The zero-order valence-electron chi connectivity index (χ0n) is 12.3. The topological polar surface area (TPSA) is 35.5 Å². The number of halogens is 3. The maximum atomic E-state index is 12.8. The van der Waals surface area contributed by atoms with Gasteiger partial charge in [0.05, 0.1) is 17.9 Å². The van der Waals surface area contributed by atoms with Crippen LogP contribution in [0.4, 0.5) is 13.2 Å². The summed E-state index contributed by atoms with van der Waals surface area (Å²) in [4.78, 5) is 12.1. The summed E-state index contributed by atoms with van der Waals surface area (Å²) in [6.45, 7) is 0. The van der Waals surface area contributed by atoms with Gasteiger partial charge in [0.2, 0.25) is 0 Å². The number of esters is 1. The Morgan fingerprint density at radius 2 is 1.67 bits per heavy atom. The predicted molar refractivity (Wildman–Crippen MR) is 70.6 cm³/mol. The van der Waals surface area contributed by atoms with Gasteiger partial charge >= 0.3 is 12.1 Å². The monoisotopic (exact) mass is 308 g/mol. The van der Waals surface area contributed by atoms with Crippen LogP contribution in [0.2, 0.25) is 0 Å². The summed E-state index contributed by atoms with van der Waals surface area (Å²) >= 11 is 0. The van der Waals surface area contributed by atoms with E-state index in [9.17, 15) is 18.0 Å². The lowest BCUT2D eigenvalue weighted by Crippen LogP contribution is -2.35. The number of carbonyl (C=O) groups excluding carboxylic acids is 1. The zero-order chi connectivity index (χ0) is 15.5. The van der Waals surface area contributed by atoms with Crippen LogP contribution in [0.5, 0.6) is 0 Å². The minimum Gasteiger partial charge on any atom is -0.462 e. The average Bonchev–Trinajstić information content (AvgIpc) is 2.46. The molecule has 4 unspecified atom stereocenters. The van der Waals surface area contributed by atoms with Gasteiger partial charge in [-0.25, -0.2) is 0 Å². The van der Waals surface area contributed by atoms with Crippen molar-refractivity contribution < 1.29 is 27.4 Å². The first-order valence-electron chi connectivity index (χ1n) is 7.70. The van der Waals surface area contributed by atoms with Gasteiger partial charge in [0, 0.05) is 13.5 Å². The molecule has 0 aliphatic heterocycles. The van der Waals surface area contributed by atoms with E-state index < -0.39 is 24.0 Å². The minimum atomic E-state index is -4.20. The molecule has 0 saturated heterocycles. The third kappa shape index (κ3) is 4.59. The second-order valence-corrected chi connectivity index (χ2v) is 6.19. The number of methoxy groups -OCH3 is 1. The Morgan fingerprint density at radius 1 is 1.00 bits per heavy atom. The predicted octanol–water partition coefficient (Wildman–Crippen LogP) is 3.86. The number of hydrogen-bond acceptors (Lipinski definition) is 3. The summed E-state index contributed by atoms with van der Waals surface area (Å²) in [5, 5.41) is 0. The standard InChI is InChI=1S/C15H23F3O3/c1-20-12-6-3-7-13(9-12)21-14(19)10-4-2-5-11(8-10)15(16,17)18/h10-13H,2-9H2,1H3. The van der Waals surface area contributed by atoms with Gasteiger partial charge in [0.1, 0.15) is 6.10 Å². The molecule has 0 aromatic heterocycles. The molecule has 2 aliphatic rings. The van der Waals surface area contributed by atoms with E-state index in [1.807, 2.05) is 0 Å². The van der Waals surface area contributed by atoms with Gasteiger partial charge in [-0.05, 0) is 38.5 Å². The fourth-order valence-electron chi connectivity index (χ4n) is 3.38. The van der Waals surface area contributed by atoms with Crippen LogP contribution in [0.3, 0.4) is 0 Å². The number of ether oxygens (including phenoxy) is 2. The number of rotatable bonds is 3. The molecule has 0 spiro atoms. The van der Waals surface area contributed by atoms with E-state index in [2.05, 4.69) is 0 Å². The fraction of sp³-hybridized carbons (Fsp3) is 0.933. The summed E-state index contributed by atoms with van der Waals surface area (Å²) in [7, 11) is 1.63. The van der Waals surface area contributed by atoms with Crippen LogP contribution in [-0.2, 0) is 14.3 Å².